The number of alkyl halides is 3. The number of amides is 2. The summed E-state index contributed by atoms with van der Waals surface area (Å²) in [5.41, 5.74) is 1.80. The average Bonchev–Trinajstić information content (AvgIpc) is 3.20. The Morgan fingerprint density at radius 3 is 2.52 bits per heavy atom. The van der Waals surface area contributed by atoms with Gasteiger partial charge < -0.3 is 34.6 Å². The summed E-state index contributed by atoms with van der Waals surface area (Å²) >= 11 is 6.13. The molecule has 0 saturated carbocycles. The minimum Gasteiger partial charge on any atom is -0.481 e. The number of likely N-dealkylation sites (tertiary alicyclic amines) is 1. The fourth-order valence-electron chi connectivity index (χ4n) is 5.18. The van der Waals surface area contributed by atoms with Crippen LogP contribution in [0.5, 0.6) is 5.75 Å². The van der Waals surface area contributed by atoms with Crippen LogP contribution in [0, 0.1) is 0 Å². The van der Waals surface area contributed by atoms with E-state index in [1.165, 1.54) is 9.47 Å². The van der Waals surface area contributed by atoms with Crippen molar-refractivity contribution in [3.05, 3.63) is 57.5 Å². The second-order valence-electron chi connectivity index (χ2n) is 9.85. The number of carbonyl (C=O) groups excluding carboxylic acids is 2. The van der Waals surface area contributed by atoms with Crippen LogP contribution in [0.2, 0.25) is 5.02 Å². The Labute approximate surface area is 234 Å². The van der Waals surface area contributed by atoms with Gasteiger partial charge in [0.2, 0.25) is 5.91 Å². The fraction of sp³-hybridized carbons (Fsp3) is 0.481. The average molecular weight is 585 g/mol. The number of benzene rings is 1. The Hall–Kier alpha value is -3.22. The molecule has 40 heavy (non-hydrogen) atoms. The number of hydrogen-bond donors (Lipinski definition) is 3. The van der Waals surface area contributed by atoms with Gasteiger partial charge in [-0.2, -0.15) is 13.2 Å². The summed E-state index contributed by atoms with van der Waals surface area (Å²) in [6.07, 6.45) is -2.99. The maximum atomic E-state index is 13.5. The molecule has 1 saturated heterocycles. The van der Waals surface area contributed by atoms with Gasteiger partial charge in [0.1, 0.15) is 12.3 Å². The van der Waals surface area contributed by atoms with E-state index in [1.54, 1.807) is 36.2 Å². The van der Waals surface area contributed by atoms with E-state index in [0.717, 1.165) is 11.3 Å². The van der Waals surface area contributed by atoms with Crippen molar-refractivity contribution in [2.45, 2.75) is 51.2 Å². The van der Waals surface area contributed by atoms with Crippen LogP contribution in [0.25, 0.3) is 6.08 Å². The molecular formula is C27H32ClF3N4O5. The van der Waals surface area contributed by atoms with Crippen molar-refractivity contribution >= 4 is 29.5 Å². The zero-order valence-electron chi connectivity index (χ0n) is 22.2. The first-order valence-electron chi connectivity index (χ1n) is 12.9. The molecule has 1 atom stereocenters. The number of allylic oxidation sites excluding steroid dienone is 1. The van der Waals surface area contributed by atoms with Crippen molar-refractivity contribution in [2.24, 2.45) is 7.05 Å². The standard InChI is InChI=1S/C27H32ClF3N4O5/c1-3-19-12-20-22(26(39)35(19)13-16-5-4-6-17(28)11-16)24(40-15-27(29,30)31)23(33(20)2)25(38)32-18-7-9-34(10-8-18)21(37)14-36/h4-6,11-12,18,26,36,39H,3,7-10,13-15H2,1-2H3,(H,32,38). The lowest BCUT2D eigenvalue weighted by Gasteiger charge is -2.35. The number of halogens is 4. The van der Waals surface area contributed by atoms with Crippen molar-refractivity contribution in [3.63, 3.8) is 0 Å². The summed E-state index contributed by atoms with van der Waals surface area (Å²) in [5, 5.41) is 23.9. The van der Waals surface area contributed by atoms with Crippen molar-refractivity contribution in [1.82, 2.24) is 19.7 Å². The number of fused-ring (bicyclic) bond motifs is 1. The zero-order valence-corrected chi connectivity index (χ0v) is 22.9. The Morgan fingerprint density at radius 1 is 1.23 bits per heavy atom. The molecule has 3 heterocycles. The third kappa shape index (κ3) is 6.39. The van der Waals surface area contributed by atoms with E-state index in [1.807, 2.05) is 13.0 Å². The molecule has 1 aromatic heterocycles. The lowest BCUT2D eigenvalue weighted by atomic mass is 10.0. The van der Waals surface area contributed by atoms with Crippen LogP contribution in [0.1, 0.15) is 59.7 Å². The first-order valence-corrected chi connectivity index (χ1v) is 13.3. The van der Waals surface area contributed by atoms with E-state index in [-0.39, 0.29) is 29.6 Å². The van der Waals surface area contributed by atoms with Crippen LogP contribution in [0.3, 0.4) is 0 Å². The van der Waals surface area contributed by atoms with Gasteiger partial charge in [0.15, 0.2) is 18.6 Å². The van der Waals surface area contributed by atoms with Gasteiger partial charge in [-0.05, 0) is 43.0 Å². The molecular weight excluding hydrogens is 553 g/mol. The summed E-state index contributed by atoms with van der Waals surface area (Å²) in [4.78, 5) is 28.4. The highest BCUT2D eigenvalue weighted by atomic mass is 35.5. The molecule has 0 bridgehead atoms. The van der Waals surface area contributed by atoms with Crippen LogP contribution in [-0.4, -0.2) is 74.9 Å². The van der Waals surface area contributed by atoms with Crippen LogP contribution in [-0.2, 0) is 18.4 Å². The molecule has 1 unspecified atom stereocenters. The smallest absolute Gasteiger partial charge is 0.422 e. The number of ether oxygens (including phenoxy) is 1. The monoisotopic (exact) mass is 584 g/mol. The van der Waals surface area contributed by atoms with Gasteiger partial charge >= 0.3 is 6.18 Å². The third-order valence-corrected chi connectivity index (χ3v) is 7.41. The van der Waals surface area contributed by atoms with Crippen LogP contribution in [0.15, 0.2) is 30.0 Å². The molecule has 4 rings (SSSR count). The molecule has 13 heteroatoms. The number of rotatable bonds is 8. The number of piperidine rings is 1. The van der Waals surface area contributed by atoms with Crippen molar-refractivity contribution in [2.75, 3.05) is 26.3 Å². The van der Waals surface area contributed by atoms with Crippen LogP contribution >= 0.6 is 11.6 Å². The fourth-order valence-corrected chi connectivity index (χ4v) is 5.40. The Kier molecular flexibility index (Phi) is 9.01. The van der Waals surface area contributed by atoms with E-state index in [0.29, 0.717) is 43.1 Å². The number of carbonyl (C=O) groups is 2. The van der Waals surface area contributed by atoms with Gasteiger partial charge in [-0.1, -0.05) is 30.7 Å². The van der Waals surface area contributed by atoms with Crippen LogP contribution in [0.4, 0.5) is 13.2 Å². The molecule has 2 aliphatic heterocycles. The molecule has 9 nitrogen and oxygen atoms in total. The first-order chi connectivity index (χ1) is 18.9. The maximum Gasteiger partial charge on any atom is 0.422 e. The molecule has 0 radical (unpaired) electrons. The Morgan fingerprint density at radius 2 is 1.93 bits per heavy atom. The number of nitrogens with one attached hydrogen (secondary N) is 1. The maximum absolute atomic E-state index is 13.5. The number of aliphatic hydroxyl groups excluding tert-OH is 2. The Balaban J connectivity index is 1.67. The molecule has 2 aliphatic rings. The van der Waals surface area contributed by atoms with Crippen molar-refractivity contribution in [1.29, 1.82) is 0 Å². The van der Waals surface area contributed by atoms with Gasteiger partial charge in [-0.3, -0.25) is 9.59 Å². The molecule has 218 valence electrons. The predicted octanol–water partition coefficient (Wildman–Crippen LogP) is 3.59. The predicted molar refractivity (Wildman–Crippen MR) is 141 cm³/mol. The quantitative estimate of drug-likeness (QED) is 0.438. The highest BCUT2D eigenvalue weighted by Gasteiger charge is 2.39. The minimum atomic E-state index is -4.67. The molecule has 2 amide bonds. The zero-order chi connectivity index (χ0) is 29.2. The van der Waals surface area contributed by atoms with Crippen molar-refractivity contribution < 1.29 is 37.7 Å². The number of hydrogen-bond acceptors (Lipinski definition) is 6. The summed E-state index contributed by atoms with van der Waals surface area (Å²) in [5.74, 6) is -1.39. The number of nitrogens with zero attached hydrogens (tertiary/aromatic N) is 3. The second kappa shape index (κ2) is 12.1. The molecule has 1 aromatic carbocycles. The van der Waals surface area contributed by atoms with E-state index < -0.39 is 37.4 Å². The number of aliphatic hydroxyl groups is 2. The Bertz CT molecular complexity index is 1290. The highest BCUT2D eigenvalue weighted by Crippen LogP contribution is 2.44. The topological polar surface area (TPSA) is 107 Å². The molecule has 0 spiro atoms. The van der Waals surface area contributed by atoms with Gasteiger partial charge in [-0.25, -0.2) is 0 Å². The molecule has 3 N–H and O–H groups in total. The summed E-state index contributed by atoms with van der Waals surface area (Å²) in [6.45, 7) is 0.518. The van der Waals surface area contributed by atoms with E-state index >= 15 is 0 Å². The third-order valence-electron chi connectivity index (χ3n) is 7.18. The largest absolute Gasteiger partial charge is 0.481 e. The molecule has 2 aromatic rings. The van der Waals surface area contributed by atoms with E-state index in [2.05, 4.69) is 5.32 Å². The summed E-state index contributed by atoms with van der Waals surface area (Å²) in [6, 6.07) is 6.70. The van der Waals surface area contributed by atoms with Gasteiger partial charge in [0.25, 0.3) is 5.91 Å². The van der Waals surface area contributed by atoms with Crippen LogP contribution < -0.4 is 10.1 Å². The van der Waals surface area contributed by atoms with Crippen molar-refractivity contribution in [3.8, 4) is 5.75 Å². The first kappa shape index (κ1) is 29.8. The summed E-state index contributed by atoms with van der Waals surface area (Å²) in [7, 11) is 1.54. The highest BCUT2D eigenvalue weighted by molar-refractivity contribution is 6.30. The van der Waals surface area contributed by atoms with E-state index in [4.69, 9.17) is 21.4 Å². The number of aromatic nitrogens is 1. The molecule has 1 fully saturated rings. The summed E-state index contributed by atoms with van der Waals surface area (Å²) < 4.78 is 46.4. The lowest BCUT2D eigenvalue weighted by Crippen LogP contribution is -2.47. The SMILES string of the molecule is CCC1=Cc2c(c(OCC(F)(F)F)c(C(=O)NC3CCN(C(=O)CO)CC3)n2C)C(O)N1Cc1cccc(Cl)c1. The minimum absolute atomic E-state index is 0.0690. The van der Waals surface area contributed by atoms with Gasteiger partial charge in [0, 0.05) is 43.4 Å². The van der Waals surface area contributed by atoms with Gasteiger partial charge in [-0.15, -0.1) is 0 Å². The normalized spacial score (nSPS) is 17.9. The second-order valence-corrected chi connectivity index (χ2v) is 10.3. The molecule has 0 aliphatic carbocycles. The van der Waals surface area contributed by atoms with Gasteiger partial charge in [0.05, 0.1) is 11.3 Å². The lowest BCUT2D eigenvalue weighted by molar-refractivity contribution is -0.154. The van der Waals surface area contributed by atoms with E-state index in [9.17, 15) is 27.9 Å².